The summed E-state index contributed by atoms with van der Waals surface area (Å²) in [4.78, 5) is 23.7. The van der Waals surface area contributed by atoms with Crippen molar-refractivity contribution in [2.24, 2.45) is 5.92 Å². The number of hydrogen-bond donors (Lipinski definition) is 2. The van der Waals surface area contributed by atoms with E-state index in [0.717, 1.165) is 19.3 Å². The van der Waals surface area contributed by atoms with Crippen molar-refractivity contribution in [1.82, 2.24) is 5.32 Å². The van der Waals surface area contributed by atoms with Crippen LogP contribution in [-0.2, 0) is 4.79 Å². The highest BCUT2D eigenvalue weighted by Gasteiger charge is 2.23. The number of carbonyl (C=O) groups is 2. The lowest BCUT2D eigenvalue weighted by atomic mass is 10.1. The van der Waals surface area contributed by atoms with Crippen LogP contribution in [0.1, 0.15) is 43.5 Å². The lowest BCUT2D eigenvalue weighted by Crippen LogP contribution is -2.25. The quantitative estimate of drug-likeness (QED) is 0.854. The molecule has 0 aliphatic heterocycles. The molecule has 0 heterocycles. The number of carbonyl (C=O) groups excluding carboxylic acids is 2. The Balaban J connectivity index is 2.01. The van der Waals surface area contributed by atoms with Gasteiger partial charge in [0.1, 0.15) is 0 Å². The van der Waals surface area contributed by atoms with Crippen molar-refractivity contribution in [3.63, 3.8) is 0 Å². The van der Waals surface area contributed by atoms with Crippen LogP contribution in [0.4, 0.5) is 5.69 Å². The van der Waals surface area contributed by atoms with E-state index in [-0.39, 0.29) is 17.7 Å². The lowest BCUT2D eigenvalue weighted by Gasteiger charge is -2.11. The lowest BCUT2D eigenvalue weighted by molar-refractivity contribution is -0.119. The maximum atomic E-state index is 11.9. The molecular weight excluding hydrogens is 240 g/mol. The van der Waals surface area contributed by atoms with E-state index in [1.165, 1.54) is 0 Å². The molecule has 1 atom stereocenters. The van der Waals surface area contributed by atoms with E-state index < -0.39 is 0 Å². The summed E-state index contributed by atoms with van der Waals surface area (Å²) in [5, 5.41) is 5.77. The summed E-state index contributed by atoms with van der Waals surface area (Å²) in [6.07, 6.45) is 2.93. The molecule has 102 valence electrons. The predicted molar refractivity (Wildman–Crippen MR) is 75.0 cm³/mol. The largest absolute Gasteiger partial charge is 0.349 e. The molecule has 1 aliphatic carbocycles. The predicted octanol–water partition coefficient (Wildman–Crippen LogP) is 2.56. The number of hydrogen-bond acceptors (Lipinski definition) is 2. The molecule has 0 spiro atoms. The van der Waals surface area contributed by atoms with E-state index in [0.29, 0.717) is 17.3 Å². The summed E-state index contributed by atoms with van der Waals surface area (Å²) < 4.78 is 0. The van der Waals surface area contributed by atoms with Crippen LogP contribution in [0.2, 0.25) is 0 Å². The van der Waals surface area contributed by atoms with Gasteiger partial charge in [-0.05, 0) is 37.5 Å². The van der Waals surface area contributed by atoms with Gasteiger partial charge in [-0.1, -0.05) is 19.9 Å². The summed E-state index contributed by atoms with van der Waals surface area (Å²) in [5.74, 6) is -0.103. The molecule has 0 saturated heterocycles. The number of benzene rings is 1. The van der Waals surface area contributed by atoms with E-state index in [2.05, 4.69) is 10.6 Å². The van der Waals surface area contributed by atoms with Crippen LogP contribution in [0.15, 0.2) is 24.3 Å². The minimum atomic E-state index is -0.0675. The second-order valence-corrected chi connectivity index (χ2v) is 5.13. The highest BCUT2D eigenvalue weighted by atomic mass is 16.2. The summed E-state index contributed by atoms with van der Waals surface area (Å²) in [6, 6.07) is 7.41. The molecular formula is C15H20N2O2. The minimum absolute atomic E-state index is 0.0118. The van der Waals surface area contributed by atoms with Gasteiger partial charge in [-0.2, -0.15) is 0 Å². The van der Waals surface area contributed by atoms with Crippen molar-refractivity contribution in [3.8, 4) is 0 Å². The molecule has 1 aliphatic rings. The van der Waals surface area contributed by atoms with Gasteiger partial charge >= 0.3 is 0 Å². The van der Waals surface area contributed by atoms with Gasteiger partial charge < -0.3 is 10.6 Å². The number of amides is 2. The number of rotatable bonds is 5. The van der Waals surface area contributed by atoms with Crippen LogP contribution >= 0.6 is 0 Å². The first kappa shape index (κ1) is 13.6. The first-order valence-electron chi connectivity index (χ1n) is 6.82. The smallest absolute Gasteiger partial charge is 0.251 e. The molecule has 0 bridgehead atoms. The first-order valence-corrected chi connectivity index (χ1v) is 6.82. The van der Waals surface area contributed by atoms with Crippen LogP contribution in [0, 0.1) is 5.92 Å². The first-order chi connectivity index (χ1) is 9.10. The maximum absolute atomic E-state index is 11.9. The molecule has 0 aromatic heterocycles. The third-order valence-electron chi connectivity index (χ3n) is 3.36. The molecule has 2 amide bonds. The number of nitrogens with one attached hydrogen (secondary N) is 2. The summed E-state index contributed by atoms with van der Waals surface area (Å²) in [6.45, 7) is 3.86. The Morgan fingerprint density at radius 3 is 2.74 bits per heavy atom. The molecule has 1 aromatic rings. The Hall–Kier alpha value is -1.84. The van der Waals surface area contributed by atoms with Gasteiger partial charge in [0.15, 0.2) is 0 Å². The second kappa shape index (κ2) is 5.87. The van der Waals surface area contributed by atoms with E-state index >= 15 is 0 Å². The van der Waals surface area contributed by atoms with Gasteiger partial charge in [0.25, 0.3) is 5.91 Å². The highest BCUT2D eigenvalue weighted by molar-refractivity contribution is 5.97. The molecule has 1 fully saturated rings. The van der Waals surface area contributed by atoms with E-state index in [9.17, 15) is 9.59 Å². The van der Waals surface area contributed by atoms with Crippen molar-refractivity contribution in [1.29, 1.82) is 0 Å². The van der Waals surface area contributed by atoms with E-state index in [1.54, 1.807) is 24.3 Å². The van der Waals surface area contributed by atoms with Crippen LogP contribution < -0.4 is 10.6 Å². The maximum Gasteiger partial charge on any atom is 0.251 e. The fraction of sp³-hybridized carbons (Fsp3) is 0.467. The minimum Gasteiger partial charge on any atom is -0.349 e. The fourth-order valence-corrected chi connectivity index (χ4v) is 1.69. The molecule has 0 unspecified atom stereocenters. The van der Waals surface area contributed by atoms with E-state index in [4.69, 9.17) is 0 Å². The normalized spacial score (nSPS) is 15.7. The van der Waals surface area contributed by atoms with Gasteiger partial charge in [-0.15, -0.1) is 0 Å². The third-order valence-corrected chi connectivity index (χ3v) is 3.36. The summed E-state index contributed by atoms with van der Waals surface area (Å²) in [5.41, 5.74) is 1.27. The van der Waals surface area contributed by atoms with Crippen LogP contribution in [0.3, 0.4) is 0 Å². The van der Waals surface area contributed by atoms with Gasteiger partial charge in [0.05, 0.1) is 0 Å². The highest BCUT2D eigenvalue weighted by Crippen LogP contribution is 2.20. The zero-order chi connectivity index (χ0) is 13.8. The Labute approximate surface area is 113 Å². The molecule has 4 heteroatoms. The Kier molecular flexibility index (Phi) is 4.20. The van der Waals surface area contributed by atoms with Crippen molar-refractivity contribution in [3.05, 3.63) is 29.8 Å². The average Bonchev–Trinajstić information content (AvgIpc) is 3.22. The second-order valence-electron chi connectivity index (χ2n) is 5.13. The Morgan fingerprint density at radius 2 is 2.11 bits per heavy atom. The molecule has 2 rings (SSSR count). The van der Waals surface area contributed by atoms with Crippen LogP contribution in [0.5, 0.6) is 0 Å². The zero-order valence-electron chi connectivity index (χ0n) is 11.4. The van der Waals surface area contributed by atoms with Crippen LogP contribution in [-0.4, -0.2) is 17.9 Å². The molecule has 1 aromatic carbocycles. The summed E-state index contributed by atoms with van der Waals surface area (Å²) >= 11 is 0. The average molecular weight is 260 g/mol. The molecule has 4 nitrogen and oxygen atoms in total. The van der Waals surface area contributed by atoms with Crippen molar-refractivity contribution in [2.75, 3.05) is 5.32 Å². The summed E-state index contributed by atoms with van der Waals surface area (Å²) in [7, 11) is 0. The molecule has 1 saturated carbocycles. The van der Waals surface area contributed by atoms with E-state index in [1.807, 2.05) is 13.8 Å². The molecule has 0 radical (unpaired) electrons. The molecule has 19 heavy (non-hydrogen) atoms. The van der Waals surface area contributed by atoms with Crippen molar-refractivity contribution < 1.29 is 9.59 Å². The van der Waals surface area contributed by atoms with Gasteiger partial charge in [-0.25, -0.2) is 0 Å². The topological polar surface area (TPSA) is 58.2 Å². The number of anilines is 1. The van der Waals surface area contributed by atoms with Crippen LogP contribution in [0.25, 0.3) is 0 Å². The zero-order valence-corrected chi connectivity index (χ0v) is 11.4. The van der Waals surface area contributed by atoms with Gasteiger partial charge in [-0.3, -0.25) is 9.59 Å². The molecule has 2 N–H and O–H groups in total. The fourth-order valence-electron chi connectivity index (χ4n) is 1.69. The standard InChI is InChI=1S/C15H20N2O2/c1-3-10(2)14(18)17-13-6-4-5-11(9-13)15(19)16-12-7-8-12/h4-6,9-10,12H,3,7-8H2,1-2H3,(H,16,19)(H,17,18)/t10-/m1/s1. The van der Waals surface area contributed by atoms with Gasteiger partial charge in [0.2, 0.25) is 5.91 Å². The Bertz CT molecular complexity index is 481. The van der Waals surface area contributed by atoms with Gasteiger partial charge in [0, 0.05) is 23.2 Å². The Morgan fingerprint density at radius 1 is 1.37 bits per heavy atom. The van der Waals surface area contributed by atoms with Crippen molar-refractivity contribution >= 4 is 17.5 Å². The SMILES string of the molecule is CC[C@@H](C)C(=O)Nc1cccc(C(=O)NC2CC2)c1. The third kappa shape index (κ3) is 3.81. The monoisotopic (exact) mass is 260 g/mol. The van der Waals surface area contributed by atoms with Crippen molar-refractivity contribution in [2.45, 2.75) is 39.2 Å².